The van der Waals surface area contributed by atoms with E-state index in [1.165, 1.54) is 0 Å². The molecule has 0 saturated heterocycles. The summed E-state index contributed by atoms with van der Waals surface area (Å²) in [7, 11) is 1.60. The van der Waals surface area contributed by atoms with Crippen LogP contribution in [-0.4, -0.2) is 36.8 Å². The summed E-state index contributed by atoms with van der Waals surface area (Å²) in [5, 5.41) is 20.8. The highest BCUT2D eigenvalue weighted by molar-refractivity contribution is 7.99. The molecule has 0 bridgehead atoms. The van der Waals surface area contributed by atoms with E-state index in [1.54, 1.807) is 19.2 Å². The summed E-state index contributed by atoms with van der Waals surface area (Å²) in [5.74, 6) is 1.33. The molecular formula is C19H13ClN6O3S. The van der Waals surface area contributed by atoms with Crippen molar-refractivity contribution in [3.8, 4) is 22.8 Å². The van der Waals surface area contributed by atoms with Gasteiger partial charge in [-0.15, -0.1) is 10.2 Å². The third kappa shape index (κ3) is 4.09. The van der Waals surface area contributed by atoms with E-state index >= 15 is 0 Å². The van der Waals surface area contributed by atoms with Gasteiger partial charge in [0.1, 0.15) is 18.1 Å². The second kappa shape index (κ2) is 8.47. The molecule has 150 valence electrons. The highest BCUT2D eigenvalue weighted by Crippen LogP contribution is 2.32. The van der Waals surface area contributed by atoms with Crippen molar-refractivity contribution >= 4 is 29.1 Å². The van der Waals surface area contributed by atoms with Crippen molar-refractivity contribution in [2.75, 3.05) is 7.11 Å². The molecule has 0 saturated carbocycles. The van der Waals surface area contributed by atoms with Gasteiger partial charge in [0.05, 0.1) is 12.0 Å². The van der Waals surface area contributed by atoms with E-state index < -0.39 is 4.92 Å². The first-order chi connectivity index (χ1) is 14.5. The van der Waals surface area contributed by atoms with Crippen molar-refractivity contribution in [1.29, 1.82) is 0 Å². The highest BCUT2D eigenvalue weighted by Gasteiger charge is 2.18. The van der Waals surface area contributed by atoms with E-state index in [1.807, 2.05) is 41.0 Å². The first-order valence-electron chi connectivity index (χ1n) is 8.55. The van der Waals surface area contributed by atoms with Gasteiger partial charge in [0.2, 0.25) is 5.16 Å². The zero-order valence-corrected chi connectivity index (χ0v) is 17.0. The maximum atomic E-state index is 10.8. The summed E-state index contributed by atoms with van der Waals surface area (Å²) in [6.07, 6.45) is 2.31. The van der Waals surface area contributed by atoms with Gasteiger partial charge in [-0.2, -0.15) is 0 Å². The van der Waals surface area contributed by atoms with Crippen LogP contribution in [0.1, 0.15) is 0 Å². The largest absolute Gasteiger partial charge is 0.497 e. The van der Waals surface area contributed by atoms with Gasteiger partial charge in [0.15, 0.2) is 11.0 Å². The number of rotatable bonds is 6. The molecule has 0 N–H and O–H groups in total. The van der Waals surface area contributed by atoms with Crippen molar-refractivity contribution in [2.45, 2.75) is 10.3 Å². The Morgan fingerprint density at radius 1 is 1.03 bits per heavy atom. The van der Waals surface area contributed by atoms with Crippen LogP contribution in [0.4, 0.5) is 5.69 Å². The average molecular weight is 441 g/mol. The van der Waals surface area contributed by atoms with Crippen LogP contribution in [0.3, 0.4) is 0 Å². The van der Waals surface area contributed by atoms with Gasteiger partial charge >= 0.3 is 5.69 Å². The summed E-state index contributed by atoms with van der Waals surface area (Å²) >= 11 is 7.18. The van der Waals surface area contributed by atoms with Crippen LogP contribution in [0.2, 0.25) is 5.02 Å². The Morgan fingerprint density at radius 2 is 1.70 bits per heavy atom. The highest BCUT2D eigenvalue weighted by atomic mass is 35.5. The fraction of sp³-hybridized carbons (Fsp3) is 0.0526. The monoisotopic (exact) mass is 440 g/mol. The number of benzene rings is 2. The molecule has 0 spiro atoms. The molecule has 0 atom stereocenters. The van der Waals surface area contributed by atoms with Crippen molar-refractivity contribution in [2.24, 2.45) is 0 Å². The molecule has 0 amide bonds. The summed E-state index contributed by atoms with van der Waals surface area (Å²) in [4.78, 5) is 18.3. The minimum absolute atomic E-state index is 0.183. The number of aromatic nitrogens is 5. The number of methoxy groups -OCH3 is 1. The molecule has 11 heteroatoms. The molecule has 0 aliphatic rings. The number of halogens is 1. The molecule has 4 aromatic rings. The zero-order valence-electron chi connectivity index (χ0n) is 15.5. The standard InChI is InChI=1S/C19H13ClN6O3S/c1-29-16-8-2-12(3-9-16)17-23-24-19(25(17)14-6-4-13(20)5-7-14)30-18-21-10-15(11-22-18)26(27)28/h2-11H,1H3. The van der Waals surface area contributed by atoms with Crippen molar-refractivity contribution in [3.63, 3.8) is 0 Å². The number of hydrogen-bond donors (Lipinski definition) is 0. The predicted molar refractivity (Wildman–Crippen MR) is 111 cm³/mol. The van der Waals surface area contributed by atoms with E-state index in [4.69, 9.17) is 16.3 Å². The van der Waals surface area contributed by atoms with Crippen LogP contribution >= 0.6 is 23.4 Å². The fourth-order valence-corrected chi connectivity index (χ4v) is 3.49. The Labute approximate surface area is 179 Å². The van der Waals surface area contributed by atoms with Crippen LogP contribution in [0.25, 0.3) is 17.1 Å². The molecule has 2 aromatic carbocycles. The Bertz CT molecular complexity index is 1180. The van der Waals surface area contributed by atoms with Crippen LogP contribution in [0.5, 0.6) is 5.75 Å². The molecule has 0 aliphatic heterocycles. The normalized spacial score (nSPS) is 10.7. The topological polar surface area (TPSA) is 109 Å². The second-order valence-corrected chi connectivity index (χ2v) is 7.30. The van der Waals surface area contributed by atoms with Crippen molar-refractivity contribution in [1.82, 2.24) is 24.7 Å². The van der Waals surface area contributed by atoms with Gasteiger partial charge in [-0.05, 0) is 60.3 Å². The quantitative estimate of drug-likeness (QED) is 0.246. The summed E-state index contributed by atoms with van der Waals surface area (Å²) in [6.45, 7) is 0. The maximum Gasteiger partial charge on any atom is 0.305 e. The molecule has 9 nitrogen and oxygen atoms in total. The van der Waals surface area contributed by atoms with Crippen LogP contribution in [-0.2, 0) is 0 Å². The lowest BCUT2D eigenvalue weighted by atomic mass is 10.2. The smallest absolute Gasteiger partial charge is 0.305 e. The number of nitro groups is 1. The van der Waals surface area contributed by atoms with Crippen molar-refractivity contribution < 1.29 is 9.66 Å². The van der Waals surface area contributed by atoms with Gasteiger partial charge in [-0.25, -0.2) is 9.97 Å². The fourth-order valence-electron chi connectivity index (χ4n) is 2.62. The third-order valence-electron chi connectivity index (χ3n) is 4.07. The molecule has 0 fully saturated rings. The molecule has 4 rings (SSSR count). The lowest BCUT2D eigenvalue weighted by molar-refractivity contribution is -0.385. The predicted octanol–water partition coefficient (Wildman–Crippen LogP) is 4.45. The van der Waals surface area contributed by atoms with E-state index in [0.29, 0.717) is 21.2 Å². The minimum atomic E-state index is -0.549. The van der Waals surface area contributed by atoms with Gasteiger partial charge < -0.3 is 4.74 Å². The first kappa shape index (κ1) is 19.8. The molecule has 0 unspecified atom stereocenters. The average Bonchev–Trinajstić information content (AvgIpc) is 3.18. The third-order valence-corrected chi connectivity index (χ3v) is 5.17. The Morgan fingerprint density at radius 3 is 2.30 bits per heavy atom. The van der Waals surface area contributed by atoms with Gasteiger partial charge in [0.25, 0.3) is 0 Å². The van der Waals surface area contributed by atoms with E-state index in [2.05, 4.69) is 20.2 Å². The second-order valence-electron chi connectivity index (χ2n) is 5.93. The minimum Gasteiger partial charge on any atom is -0.497 e. The van der Waals surface area contributed by atoms with Gasteiger partial charge in [-0.1, -0.05) is 11.6 Å². The number of hydrogen-bond acceptors (Lipinski definition) is 8. The summed E-state index contributed by atoms with van der Waals surface area (Å²) in [5.41, 5.74) is 1.44. The lowest BCUT2D eigenvalue weighted by Gasteiger charge is -2.10. The number of nitrogens with zero attached hydrogens (tertiary/aromatic N) is 6. The maximum absolute atomic E-state index is 10.8. The molecule has 0 radical (unpaired) electrons. The molecule has 30 heavy (non-hydrogen) atoms. The summed E-state index contributed by atoms with van der Waals surface area (Å²) in [6, 6.07) is 14.7. The van der Waals surface area contributed by atoms with Crippen molar-refractivity contribution in [3.05, 3.63) is 76.1 Å². The Kier molecular flexibility index (Phi) is 5.59. The zero-order chi connectivity index (χ0) is 21.1. The Balaban J connectivity index is 1.77. The van der Waals surface area contributed by atoms with E-state index in [9.17, 15) is 10.1 Å². The molecular weight excluding hydrogens is 428 g/mol. The SMILES string of the molecule is COc1ccc(-c2nnc(Sc3ncc([N+](=O)[O-])cn3)n2-c2ccc(Cl)cc2)cc1. The lowest BCUT2D eigenvalue weighted by Crippen LogP contribution is -2.00. The first-order valence-corrected chi connectivity index (χ1v) is 9.74. The summed E-state index contributed by atoms with van der Waals surface area (Å²) < 4.78 is 7.06. The van der Waals surface area contributed by atoms with Gasteiger partial charge in [0, 0.05) is 16.3 Å². The van der Waals surface area contributed by atoms with Crippen LogP contribution < -0.4 is 4.74 Å². The van der Waals surface area contributed by atoms with Crippen LogP contribution in [0, 0.1) is 10.1 Å². The molecule has 0 aliphatic carbocycles. The van der Waals surface area contributed by atoms with E-state index in [0.717, 1.165) is 41.2 Å². The molecule has 2 heterocycles. The number of ether oxygens (including phenoxy) is 1. The van der Waals surface area contributed by atoms with E-state index in [-0.39, 0.29) is 5.69 Å². The molecule has 2 aromatic heterocycles. The van der Waals surface area contributed by atoms with Gasteiger partial charge in [-0.3, -0.25) is 14.7 Å². The Hall–Kier alpha value is -3.50. The van der Waals surface area contributed by atoms with Crippen LogP contribution in [0.15, 0.2) is 71.2 Å².